The van der Waals surface area contributed by atoms with Crippen molar-refractivity contribution in [2.24, 2.45) is 20.7 Å². The Hall–Kier alpha value is -1.19. The lowest BCUT2D eigenvalue weighted by Gasteiger charge is -2.28. The van der Waals surface area contributed by atoms with Crippen LogP contribution in [0.15, 0.2) is 15.0 Å². The van der Waals surface area contributed by atoms with E-state index in [-0.39, 0.29) is 11.8 Å². The van der Waals surface area contributed by atoms with E-state index >= 15 is 0 Å². The van der Waals surface area contributed by atoms with Gasteiger partial charge in [-0.3, -0.25) is 14.6 Å². The number of rotatable bonds is 2. The molecule has 5 N–H and O–H groups in total. The molecule has 0 bridgehead atoms. The summed E-state index contributed by atoms with van der Waals surface area (Å²) < 4.78 is 4.68. The molecule has 0 spiro atoms. The molecule has 16 heavy (non-hydrogen) atoms. The van der Waals surface area contributed by atoms with Crippen molar-refractivity contribution in [1.82, 2.24) is 5.32 Å². The number of aliphatic imine (C=N–C) groups is 3. The van der Waals surface area contributed by atoms with Gasteiger partial charge in [0.15, 0.2) is 5.84 Å². The Morgan fingerprint density at radius 3 is 2.94 bits per heavy atom. The van der Waals surface area contributed by atoms with Gasteiger partial charge in [0.1, 0.15) is 6.34 Å². The largest absolute Gasteiger partial charge is 0.369 e. The van der Waals surface area contributed by atoms with Crippen LogP contribution in [0, 0.1) is 0 Å². The summed E-state index contributed by atoms with van der Waals surface area (Å²) >= 11 is 4.28. The van der Waals surface area contributed by atoms with Crippen LogP contribution in [0.4, 0.5) is 0 Å². The first-order valence-electron chi connectivity index (χ1n) is 3.87. The van der Waals surface area contributed by atoms with E-state index in [1.54, 1.807) is 0 Å². The van der Waals surface area contributed by atoms with Crippen LogP contribution < -0.4 is 11.1 Å². The van der Waals surface area contributed by atoms with Gasteiger partial charge in [-0.1, -0.05) is 0 Å². The summed E-state index contributed by atoms with van der Waals surface area (Å²) in [5.41, 5.74) is 3.25. The maximum Gasteiger partial charge on any atom is 0.324 e. The number of hydrogen-bond acceptors (Lipinski definition) is 7. The Morgan fingerprint density at radius 2 is 2.31 bits per heavy atom. The lowest BCUT2D eigenvalue weighted by Crippen LogP contribution is -2.58. The van der Waals surface area contributed by atoms with Crippen LogP contribution >= 0.6 is 6.72 Å². The smallest absolute Gasteiger partial charge is 0.324 e. The summed E-state index contributed by atoms with van der Waals surface area (Å²) in [4.78, 5) is 40.7. The number of hydrogen-bond donors (Lipinski definition) is 4. The zero-order chi connectivity index (χ0) is 12.0. The maximum absolute atomic E-state index is 11.6. The topological polar surface area (TPSA) is 142 Å². The van der Waals surface area contributed by atoms with E-state index in [4.69, 9.17) is 15.5 Å². The molecule has 2 aliphatic heterocycles. The molecule has 0 saturated heterocycles. The molecule has 2 rings (SSSR count). The van der Waals surface area contributed by atoms with E-state index in [1.807, 2.05) is 0 Å². The van der Waals surface area contributed by atoms with E-state index in [1.165, 1.54) is 0 Å². The average Bonchev–Trinajstić information content (AvgIpc) is 2.46. The molecular weight excluding hydrogens is 257 g/mol. The van der Waals surface area contributed by atoms with E-state index in [0.717, 1.165) is 6.34 Å². The normalized spacial score (nSPS) is 28.2. The van der Waals surface area contributed by atoms with Gasteiger partial charge in [0.2, 0.25) is 5.96 Å². The first-order valence-corrected chi connectivity index (χ1v) is 6.50. The molecule has 0 saturated carbocycles. The van der Waals surface area contributed by atoms with Crippen molar-refractivity contribution in [3.63, 3.8) is 0 Å². The second-order valence-corrected chi connectivity index (χ2v) is 5.47. The zero-order valence-electron chi connectivity index (χ0n) is 7.56. The Bertz CT molecular complexity index is 495. The molecule has 0 aromatic carbocycles. The summed E-state index contributed by atoms with van der Waals surface area (Å²) in [5, 5.41) is 2.13. The molecule has 0 aliphatic carbocycles. The number of amides is 1. The van der Waals surface area contributed by atoms with Crippen molar-refractivity contribution in [2.45, 2.75) is 5.72 Å². The zero-order valence-corrected chi connectivity index (χ0v) is 9.27. The number of carbonyl (C=O) groups is 1. The monoisotopic (exact) mass is 263 g/mol. The number of guanidine groups is 1. The van der Waals surface area contributed by atoms with Crippen LogP contribution in [0.2, 0.25) is 0 Å². The van der Waals surface area contributed by atoms with Crippen molar-refractivity contribution in [2.75, 3.05) is 0 Å². The van der Waals surface area contributed by atoms with Gasteiger partial charge in [0.05, 0.1) is 0 Å². The Morgan fingerprint density at radius 1 is 1.62 bits per heavy atom. The minimum Gasteiger partial charge on any atom is -0.369 e. The third-order valence-electron chi connectivity index (χ3n) is 1.75. The summed E-state index contributed by atoms with van der Waals surface area (Å²) in [7, 11) is 0. The highest BCUT2D eigenvalue weighted by molar-refractivity contribution is 8.06. The fraction of sp³-hybridized carbons (Fsp3) is 0.200. The molecule has 0 aromatic rings. The Balaban J connectivity index is 2.46. The summed E-state index contributed by atoms with van der Waals surface area (Å²) in [5.74, 6) is -1.20. The van der Waals surface area contributed by atoms with E-state index in [9.17, 15) is 4.79 Å². The minimum atomic E-state index is -4.10. The average molecular weight is 263 g/mol. The Kier molecular flexibility index (Phi) is 2.40. The van der Waals surface area contributed by atoms with E-state index < -0.39 is 18.4 Å². The van der Waals surface area contributed by atoms with Crippen LogP contribution in [0.1, 0.15) is 0 Å². The standard InChI is InChI=1S/C5H6N5O4PS/c6-4-9-2-5(3(11)10-4,8-1-7-2)14-15(12,13)16/h1H,(H2,12,13,16)(H3,6,7,8,9,10,11). The molecule has 0 fully saturated rings. The fourth-order valence-corrected chi connectivity index (χ4v) is 2.08. The van der Waals surface area contributed by atoms with Gasteiger partial charge in [-0.25, -0.2) is 9.98 Å². The molecule has 2 aliphatic rings. The van der Waals surface area contributed by atoms with Crippen LogP contribution in [0.3, 0.4) is 0 Å². The maximum atomic E-state index is 11.6. The number of nitrogens with one attached hydrogen (secondary N) is 1. The number of amidine groups is 1. The third kappa shape index (κ3) is 1.77. The predicted octanol–water partition coefficient (Wildman–Crippen LogP) is -2.21. The van der Waals surface area contributed by atoms with Crippen molar-refractivity contribution in [3.05, 3.63) is 0 Å². The van der Waals surface area contributed by atoms with Crippen LogP contribution in [0.5, 0.6) is 0 Å². The molecule has 11 heteroatoms. The van der Waals surface area contributed by atoms with Crippen molar-refractivity contribution in [1.29, 1.82) is 0 Å². The van der Waals surface area contributed by atoms with Gasteiger partial charge in [-0.2, -0.15) is 4.99 Å². The van der Waals surface area contributed by atoms with Gasteiger partial charge < -0.3 is 15.5 Å². The van der Waals surface area contributed by atoms with Crippen LogP contribution in [0.25, 0.3) is 0 Å². The van der Waals surface area contributed by atoms with Crippen molar-refractivity contribution >= 4 is 42.6 Å². The van der Waals surface area contributed by atoms with Crippen molar-refractivity contribution < 1.29 is 19.1 Å². The van der Waals surface area contributed by atoms with Crippen LogP contribution in [-0.2, 0) is 21.1 Å². The van der Waals surface area contributed by atoms with Gasteiger partial charge in [0, 0.05) is 0 Å². The van der Waals surface area contributed by atoms with Gasteiger partial charge in [-0.05, 0) is 11.8 Å². The van der Waals surface area contributed by atoms with Gasteiger partial charge in [-0.15, -0.1) is 0 Å². The lowest BCUT2D eigenvalue weighted by molar-refractivity contribution is -0.130. The van der Waals surface area contributed by atoms with E-state index in [0.29, 0.717) is 0 Å². The lowest BCUT2D eigenvalue weighted by atomic mass is 10.2. The number of fused-ring (bicyclic) bond motifs is 1. The molecule has 1 amide bonds. The highest BCUT2D eigenvalue weighted by Gasteiger charge is 2.53. The fourth-order valence-electron chi connectivity index (χ4n) is 1.20. The SMILES string of the molecule is NC1=NC2=NC=NC2(OP(O)(O)=S)C(=O)N1. The van der Waals surface area contributed by atoms with Crippen molar-refractivity contribution in [3.8, 4) is 0 Å². The molecule has 0 radical (unpaired) electrons. The quantitative estimate of drug-likeness (QED) is 0.416. The summed E-state index contributed by atoms with van der Waals surface area (Å²) in [6.45, 7) is -4.10. The van der Waals surface area contributed by atoms with Crippen LogP contribution in [-0.4, -0.2) is 39.6 Å². The van der Waals surface area contributed by atoms with E-state index in [2.05, 4.69) is 36.6 Å². The highest BCUT2D eigenvalue weighted by atomic mass is 32.5. The molecule has 2 heterocycles. The molecule has 86 valence electrons. The molecule has 9 nitrogen and oxygen atoms in total. The number of carbonyl (C=O) groups excluding carboxylic acids is 1. The molecule has 1 unspecified atom stereocenters. The number of nitrogens with zero attached hydrogens (tertiary/aromatic N) is 3. The predicted molar refractivity (Wildman–Crippen MR) is 58.2 cm³/mol. The summed E-state index contributed by atoms with van der Waals surface area (Å²) in [6.07, 6.45) is 1.00. The van der Waals surface area contributed by atoms with Gasteiger partial charge in [0.25, 0.3) is 5.91 Å². The minimum absolute atomic E-state index is 0.183. The third-order valence-corrected chi connectivity index (χ3v) is 2.48. The molecular formula is C5H6N5O4PS. The highest BCUT2D eigenvalue weighted by Crippen LogP contribution is 2.44. The molecule has 1 atom stereocenters. The van der Waals surface area contributed by atoms with Gasteiger partial charge >= 0.3 is 12.4 Å². The number of nitrogens with two attached hydrogens (primary N) is 1. The Labute approximate surface area is 94.0 Å². The second kappa shape index (κ2) is 3.40. The first kappa shape index (κ1) is 11.3. The first-order chi connectivity index (χ1) is 7.33. The second-order valence-electron chi connectivity index (χ2n) is 2.87. The summed E-state index contributed by atoms with van der Waals surface area (Å²) in [6, 6.07) is 0. The molecule has 0 aromatic heterocycles.